The molecule has 1 fully saturated rings. The number of rotatable bonds is 6. The molecule has 1 unspecified atom stereocenters. The number of urea groups is 1. The van der Waals surface area contributed by atoms with Gasteiger partial charge in [0, 0.05) is 13.1 Å². The van der Waals surface area contributed by atoms with Crippen molar-refractivity contribution in [2.75, 3.05) is 19.8 Å². The number of benzene rings is 1. The van der Waals surface area contributed by atoms with Crippen LogP contribution < -0.4 is 14.8 Å². The highest BCUT2D eigenvalue weighted by Gasteiger charge is 2.50. The Morgan fingerprint density at radius 3 is 2.30 bits per heavy atom. The molecule has 1 aromatic rings. The van der Waals surface area contributed by atoms with Crippen molar-refractivity contribution in [2.24, 2.45) is 5.92 Å². The Morgan fingerprint density at radius 2 is 1.78 bits per heavy atom. The average Bonchev–Trinajstić information content (AvgIpc) is 3.43. The van der Waals surface area contributed by atoms with E-state index in [4.69, 9.17) is 9.47 Å². The molecule has 0 radical (unpaired) electrons. The van der Waals surface area contributed by atoms with Gasteiger partial charge < -0.3 is 19.7 Å². The summed E-state index contributed by atoms with van der Waals surface area (Å²) in [6, 6.07) is 1.31. The van der Waals surface area contributed by atoms with Crippen LogP contribution in [0.15, 0.2) is 12.1 Å². The molecule has 1 atom stereocenters. The molecule has 2 amide bonds. The first-order valence-corrected chi connectivity index (χ1v) is 9.37. The first kappa shape index (κ1) is 19.6. The molecule has 5 nitrogen and oxygen atoms in total. The molecule has 3 rings (SSSR count). The van der Waals surface area contributed by atoms with Gasteiger partial charge in [-0.3, -0.25) is 0 Å². The molecule has 8 heteroatoms. The van der Waals surface area contributed by atoms with Crippen LogP contribution in [-0.2, 0) is 13.0 Å². The zero-order valence-corrected chi connectivity index (χ0v) is 15.6. The molecule has 1 aromatic carbocycles. The number of amides is 2. The quantitative estimate of drug-likeness (QED) is 0.807. The van der Waals surface area contributed by atoms with Crippen LogP contribution in [0.5, 0.6) is 11.5 Å². The first-order valence-electron chi connectivity index (χ1n) is 9.37. The van der Waals surface area contributed by atoms with Gasteiger partial charge in [0.1, 0.15) is 6.04 Å². The smallest absolute Gasteiger partial charge is 0.408 e. The van der Waals surface area contributed by atoms with E-state index >= 15 is 0 Å². The van der Waals surface area contributed by atoms with E-state index in [2.05, 4.69) is 5.32 Å². The van der Waals surface area contributed by atoms with Crippen LogP contribution in [0, 0.1) is 5.92 Å². The van der Waals surface area contributed by atoms with Crippen molar-refractivity contribution in [3.05, 3.63) is 23.3 Å². The summed E-state index contributed by atoms with van der Waals surface area (Å²) >= 11 is 0. The second-order valence-electron chi connectivity index (χ2n) is 6.91. The second-order valence-corrected chi connectivity index (χ2v) is 6.91. The Balaban J connectivity index is 1.73. The highest BCUT2D eigenvalue weighted by Crippen LogP contribution is 2.40. The summed E-state index contributed by atoms with van der Waals surface area (Å²) in [6.45, 7) is 5.35. The summed E-state index contributed by atoms with van der Waals surface area (Å²) < 4.78 is 50.7. The van der Waals surface area contributed by atoms with E-state index in [0.717, 1.165) is 11.1 Å². The standard InChI is InChI=1S/C19H25F3N2O3/c1-3-26-15-9-13-7-8-24(11-14(13)10-16(15)27-4-2)18(25)23-17(12-5-6-12)19(20,21)22/h9-10,12,17H,3-8,11H2,1-2H3,(H,23,25). The van der Waals surface area contributed by atoms with Gasteiger partial charge in [0.15, 0.2) is 11.5 Å². The van der Waals surface area contributed by atoms with Crippen LogP contribution in [0.2, 0.25) is 0 Å². The predicted molar refractivity (Wildman–Crippen MR) is 94.0 cm³/mol. The third-order valence-electron chi connectivity index (χ3n) is 4.89. The van der Waals surface area contributed by atoms with E-state index in [0.29, 0.717) is 50.5 Å². The molecular weight excluding hydrogens is 361 g/mol. The van der Waals surface area contributed by atoms with Gasteiger partial charge in [-0.15, -0.1) is 0 Å². The fourth-order valence-corrected chi connectivity index (χ4v) is 3.39. The maximum atomic E-state index is 13.2. The summed E-state index contributed by atoms with van der Waals surface area (Å²) in [5.74, 6) is 0.748. The Bertz CT molecular complexity index is 690. The number of halogens is 3. The van der Waals surface area contributed by atoms with Crippen molar-refractivity contribution in [1.82, 2.24) is 10.2 Å². The fourth-order valence-electron chi connectivity index (χ4n) is 3.39. The zero-order valence-electron chi connectivity index (χ0n) is 15.6. The highest BCUT2D eigenvalue weighted by molar-refractivity contribution is 5.75. The molecule has 1 saturated carbocycles. The first-order chi connectivity index (χ1) is 12.8. The third-order valence-corrected chi connectivity index (χ3v) is 4.89. The van der Waals surface area contributed by atoms with Crippen molar-refractivity contribution >= 4 is 6.03 Å². The Labute approximate surface area is 156 Å². The van der Waals surface area contributed by atoms with Crippen LogP contribution >= 0.6 is 0 Å². The van der Waals surface area contributed by atoms with Crippen molar-refractivity contribution in [3.8, 4) is 11.5 Å². The minimum Gasteiger partial charge on any atom is -0.490 e. The Morgan fingerprint density at radius 1 is 1.19 bits per heavy atom. The Kier molecular flexibility index (Phi) is 5.72. The van der Waals surface area contributed by atoms with Gasteiger partial charge in [0.25, 0.3) is 0 Å². The normalized spacial score (nSPS) is 17.9. The maximum absolute atomic E-state index is 13.2. The zero-order chi connectivity index (χ0) is 19.6. The van der Waals surface area contributed by atoms with E-state index in [9.17, 15) is 18.0 Å². The molecule has 0 spiro atoms. The summed E-state index contributed by atoms with van der Waals surface area (Å²) in [5.41, 5.74) is 1.90. The van der Waals surface area contributed by atoms with E-state index in [-0.39, 0.29) is 6.54 Å². The lowest BCUT2D eigenvalue weighted by atomic mass is 9.99. The molecule has 2 aliphatic rings. The van der Waals surface area contributed by atoms with Gasteiger partial charge in [-0.25, -0.2) is 4.79 Å². The minimum atomic E-state index is -4.42. The van der Waals surface area contributed by atoms with Crippen LogP contribution in [0.3, 0.4) is 0 Å². The van der Waals surface area contributed by atoms with Crippen LogP contribution in [0.4, 0.5) is 18.0 Å². The molecule has 0 saturated heterocycles. The van der Waals surface area contributed by atoms with Crippen molar-refractivity contribution < 1.29 is 27.4 Å². The number of hydrogen-bond acceptors (Lipinski definition) is 3. The maximum Gasteiger partial charge on any atom is 0.408 e. The van der Waals surface area contributed by atoms with E-state index < -0.39 is 24.2 Å². The van der Waals surface area contributed by atoms with Gasteiger partial charge >= 0.3 is 12.2 Å². The average molecular weight is 386 g/mol. The molecule has 0 aromatic heterocycles. The Hall–Kier alpha value is -2.12. The summed E-state index contributed by atoms with van der Waals surface area (Å²) in [4.78, 5) is 13.9. The number of nitrogens with zero attached hydrogens (tertiary/aromatic N) is 1. The molecule has 150 valence electrons. The lowest BCUT2D eigenvalue weighted by Crippen LogP contribution is -2.52. The van der Waals surface area contributed by atoms with E-state index in [1.165, 1.54) is 4.90 Å². The lowest BCUT2D eigenvalue weighted by molar-refractivity contribution is -0.158. The fraction of sp³-hybridized carbons (Fsp3) is 0.632. The molecule has 0 bridgehead atoms. The van der Waals surface area contributed by atoms with Crippen molar-refractivity contribution in [3.63, 3.8) is 0 Å². The SMILES string of the molecule is CCOc1cc2c(cc1OCC)CN(C(=O)NC(C1CC1)C(F)(F)F)CC2. The van der Waals surface area contributed by atoms with Gasteiger partial charge in [-0.05, 0) is 62.3 Å². The number of alkyl halides is 3. The van der Waals surface area contributed by atoms with Crippen LogP contribution in [0.1, 0.15) is 37.8 Å². The minimum absolute atomic E-state index is 0.253. The molecule has 1 aliphatic carbocycles. The number of hydrogen-bond donors (Lipinski definition) is 1. The molecule has 27 heavy (non-hydrogen) atoms. The van der Waals surface area contributed by atoms with Gasteiger partial charge in [-0.2, -0.15) is 13.2 Å². The monoisotopic (exact) mass is 386 g/mol. The molecule has 1 heterocycles. The second kappa shape index (κ2) is 7.86. The largest absolute Gasteiger partial charge is 0.490 e. The van der Waals surface area contributed by atoms with E-state index in [1.807, 2.05) is 26.0 Å². The molecular formula is C19H25F3N2O3. The number of carbonyl (C=O) groups is 1. The van der Waals surface area contributed by atoms with Crippen LogP contribution in [-0.4, -0.2) is 42.9 Å². The molecule has 1 N–H and O–H groups in total. The van der Waals surface area contributed by atoms with Gasteiger partial charge in [0.2, 0.25) is 0 Å². The lowest BCUT2D eigenvalue weighted by Gasteiger charge is -2.32. The highest BCUT2D eigenvalue weighted by atomic mass is 19.4. The van der Waals surface area contributed by atoms with Gasteiger partial charge in [-0.1, -0.05) is 0 Å². The summed E-state index contributed by atoms with van der Waals surface area (Å²) in [5, 5.41) is 2.20. The summed E-state index contributed by atoms with van der Waals surface area (Å²) in [6.07, 6.45) is -2.84. The van der Waals surface area contributed by atoms with Crippen molar-refractivity contribution in [1.29, 1.82) is 0 Å². The van der Waals surface area contributed by atoms with Crippen LogP contribution in [0.25, 0.3) is 0 Å². The predicted octanol–water partition coefficient (Wildman–Crippen LogP) is 3.89. The van der Waals surface area contributed by atoms with E-state index in [1.54, 1.807) is 0 Å². The number of fused-ring (bicyclic) bond motifs is 1. The summed E-state index contributed by atoms with van der Waals surface area (Å²) in [7, 11) is 0. The number of carbonyl (C=O) groups excluding carboxylic acids is 1. The number of nitrogens with one attached hydrogen (secondary N) is 1. The molecule has 1 aliphatic heterocycles. The topological polar surface area (TPSA) is 50.8 Å². The third kappa shape index (κ3) is 4.59. The van der Waals surface area contributed by atoms with Gasteiger partial charge in [0.05, 0.1) is 13.2 Å². The number of ether oxygens (including phenoxy) is 2. The van der Waals surface area contributed by atoms with Crippen molar-refractivity contribution in [2.45, 2.75) is 51.9 Å².